The number of non-ortho nitro benzene ring substituents is 1. The molecule has 1 N–H and O–H groups in total. The maximum atomic E-state index is 12.7. The number of anilines is 1. The minimum Gasteiger partial charge on any atom is -0.465 e. The fourth-order valence-corrected chi connectivity index (χ4v) is 3.38. The standard InChI is InChI=1S/C21H24N4O5/c1-23-7-9-24(10-8-23)19-6-4-3-5-15(19)14-22-20(26)16-11-17(21(27)30-2)13-18(12-16)25(28)29/h3-6,11-13H,7-10,14H2,1-2H3,(H,22,26). The number of nitro groups is 1. The molecular formula is C21H24N4O5. The number of carbonyl (C=O) groups is 2. The molecule has 2 aromatic carbocycles. The molecule has 0 aliphatic carbocycles. The number of rotatable bonds is 6. The van der Waals surface area contributed by atoms with Gasteiger partial charge in [-0.3, -0.25) is 14.9 Å². The van der Waals surface area contributed by atoms with Crippen LogP contribution in [-0.2, 0) is 11.3 Å². The molecule has 1 saturated heterocycles. The molecule has 158 valence electrons. The Hall–Kier alpha value is -3.46. The summed E-state index contributed by atoms with van der Waals surface area (Å²) >= 11 is 0. The van der Waals surface area contributed by atoms with Gasteiger partial charge in [-0.05, 0) is 24.7 Å². The zero-order valence-electron chi connectivity index (χ0n) is 17.0. The van der Waals surface area contributed by atoms with Gasteiger partial charge in [-0.2, -0.15) is 0 Å². The van der Waals surface area contributed by atoms with Crippen LogP contribution in [0.25, 0.3) is 0 Å². The molecule has 0 saturated carbocycles. The number of para-hydroxylation sites is 1. The van der Waals surface area contributed by atoms with Crippen LogP contribution in [0.1, 0.15) is 26.3 Å². The number of carbonyl (C=O) groups excluding carboxylic acids is 2. The number of hydrogen-bond acceptors (Lipinski definition) is 7. The summed E-state index contributed by atoms with van der Waals surface area (Å²) < 4.78 is 4.62. The SMILES string of the molecule is COC(=O)c1cc(C(=O)NCc2ccccc2N2CCN(C)CC2)cc([N+](=O)[O-])c1. The highest BCUT2D eigenvalue weighted by Gasteiger charge is 2.20. The van der Waals surface area contributed by atoms with Crippen molar-refractivity contribution < 1.29 is 19.2 Å². The molecule has 3 rings (SSSR count). The Labute approximate surface area is 174 Å². The molecule has 0 radical (unpaired) electrons. The summed E-state index contributed by atoms with van der Waals surface area (Å²) in [6.07, 6.45) is 0. The third kappa shape index (κ3) is 4.93. The van der Waals surface area contributed by atoms with Crippen LogP contribution in [0.3, 0.4) is 0 Å². The Bertz CT molecular complexity index is 954. The quantitative estimate of drug-likeness (QED) is 0.440. The zero-order chi connectivity index (χ0) is 21.7. The zero-order valence-corrected chi connectivity index (χ0v) is 17.0. The van der Waals surface area contributed by atoms with E-state index < -0.39 is 16.8 Å². The van der Waals surface area contributed by atoms with Crippen LogP contribution in [0.5, 0.6) is 0 Å². The number of methoxy groups -OCH3 is 1. The summed E-state index contributed by atoms with van der Waals surface area (Å²) in [6.45, 7) is 3.98. The van der Waals surface area contributed by atoms with Gasteiger partial charge in [-0.15, -0.1) is 0 Å². The van der Waals surface area contributed by atoms with Crippen LogP contribution < -0.4 is 10.2 Å². The average Bonchev–Trinajstić information content (AvgIpc) is 2.77. The minimum atomic E-state index is -0.742. The van der Waals surface area contributed by atoms with E-state index >= 15 is 0 Å². The lowest BCUT2D eigenvalue weighted by molar-refractivity contribution is -0.384. The van der Waals surface area contributed by atoms with Crippen LogP contribution in [0, 0.1) is 10.1 Å². The summed E-state index contributed by atoms with van der Waals surface area (Å²) in [4.78, 5) is 39.6. The van der Waals surface area contributed by atoms with Gasteiger partial charge in [0.25, 0.3) is 11.6 Å². The number of piperazine rings is 1. The Kier molecular flexibility index (Phi) is 6.63. The molecule has 1 aliphatic heterocycles. The molecular weight excluding hydrogens is 388 g/mol. The van der Waals surface area contributed by atoms with Crippen LogP contribution in [0.2, 0.25) is 0 Å². The predicted octanol–water partition coefficient (Wildman–Crippen LogP) is 2.06. The first-order chi connectivity index (χ1) is 14.4. The van der Waals surface area contributed by atoms with Crippen molar-refractivity contribution in [1.82, 2.24) is 10.2 Å². The number of ether oxygens (including phenoxy) is 1. The van der Waals surface area contributed by atoms with Gasteiger partial charge in [0.1, 0.15) is 0 Å². The molecule has 0 unspecified atom stereocenters. The molecule has 2 aromatic rings. The van der Waals surface area contributed by atoms with E-state index in [9.17, 15) is 19.7 Å². The second-order valence-electron chi connectivity index (χ2n) is 7.12. The number of hydrogen-bond donors (Lipinski definition) is 1. The topological polar surface area (TPSA) is 105 Å². The minimum absolute atomic E-state index is 0.0293. The van der Waals surface area contributed by atoms with E-state index in [1.807, 2.05) is 24.3 Å². The Balaban J connectivity index is 1.77. The molecule has 1 amide bonds. The van der Waals surface area contributed by atoms with E-state index in [2.05, 4.69) is 26.9 Å². The van der Waals surface area contributed by atoms with Gasteiger partial charge in [-0.25, -0.2) is 4.79 Å². The van der Waals surface area contributed by atoms with Gasteiger partial charge in [0.05, 0.1) is 17.6 Å². The number of nitrogens with zero attached hydrogens (tertiary/aromatic N) is 3. The first-order valence-corrected chi connectivity index (χ1v) is 9.56. The smallest absolute Gasteiger partial charge is 0.338 e. The maximum Gasteiger partial charge on any atom is 0.338 e. The summed E-state index contributed by atoms with van der Waals surface area (Å²) in [5, 5.41) is 14.0. The molecule has 0 bridgehead atoms. The van der Waals surface area contributed by atoms with E-state index in [0.29, 0.717) is 0 Å². The first kappa shape index (κ1) is 21.3. The fraction of sp³-hybridized carbons (Fsp3) is 0.333. The number of nitro benzene ring substituents is 1. The lowest BCUT2D eigenvalue weighted by Gasteiger charge is -2.35. The van der Waals surface area contributed by atoms with E-state index in [-0.39, 0.29) is 23.4 Å². The molecule has 0 aromatic heterocycles. The second-order valence-corrected chi connectivity index (χ2v) is 7.12. The monoisotopic (exact) mass is 412 g/mol. The molecule has 0 spiro atoms. The second kappa shape index (κ2) is 9.36. The van der Waals surface area contributed by atoms with Gasteiger partial charge in [-0.1, -0.05) is 18.2 Å². The number of amides is 1. The third-order valence-electron chi connectivity index (χ3n) is 5.09. The van der Waals surface area contributed by atoms with E-state index in [4.69, 9.17) is 0 Å². The number of likely N-dealkylation sites (N-methyl/N-ethyl adjacent to an activating group) is 1. The van der Waals surface area contributed by atoms with Gasteiger partial charge in [0.15, 0.2) is 0 Å². The van der Waals surface area contributed by atoms with Crippen LogP contribution in [0.4, 0.5) is 11.4 Å². The lowest BCUT2D eigenvalue weighted by Crippen LogP contribution is -2.45. The van der Waals surface area contributed by atoms with Gasteiger partial charge >= 0.3 is 5.97 Å². The fourth-order valence-electron chi connectivity index (χ4n) is 3.38. The van der Waals surface area contributed by atoms with E-state index in [0.717, 1.165) is 49.6 Å². The van der Waals surface area contributed by atoms with Crippen molar-refractivity contribution in [1.29, 1.82) is 0 Å². The molecule has 1 fully saturated rings. The Morgan fingerprint density at radius 2 is 1.77 bits per heavy atom. The highest BCUT2D eigenvalue weighted by Crippen LogP contribution is 2.22. The first-order valence-electron chi connectivity index (χ1n) is 9.56. The molecule has 9 heteroatoms. The van der Waals surface area contributed by atoms with E-state index in [1.54, 1.807) is 0 Å². The van der Waals surface area contributed by atoms with Gasteiger partial charge < -0.3 is 19.9 Å². The molecule has 1 heterocycles. The molecule has 9 nitrogen and oxygen atoms in total. The third-order valence-corrected chi connectivity index (χ3v) is 5.09. The maximum absolute atomic E-state index is 12.7. The van der Waals surface area contributed by atoms with Crippen molar-refractivity contribution >= 4 is 23.3 Å². The predicted molar refractivity (Wildman–Crippen MR) is 112 cm³/mol. The lowest BCUT2D eigenvalue weighted by atomic mass is 10.1. The molecule has 1 aliphatic rings. The number of esters is 1. The Morgan fingerprint density at radius 1 is 1.10 bits per heavy atom. The van der Waals surface area contributed by atoms with Crippen molar-refractivity contribution in [3.63, 3.8) is 0 Å². The van der Waals surface area contributed by atoms with Crippen LogP contribution in [-0.4, -0.2) is 62.0 Å². The number of benzene rings is 2. The largest absolute Gasteiger partial charge is 0.465 e. The summed E-state index contributed by atoms with van der Waals surface area (Å²) in [5.41, 5.74) is 1.64. The van der Waals surface area contributed by atoms with Crippen molar-refractivity contribution in [2.24, 2.45) is 0 Å². The van der Waals surface area contributed by atoms with E-state index in [1.165, 1.54) is 13.2 Å². The van der Waals surface area contributed by atoms with Crippen LogP contribution >= 0.6 is 0 Å². The Morgan fingerprint density at radius 3 is 2.43 bits per heavy atom. The van der Waals surface area contributed by atoms with Crippen molar-refractivity contribution in [2.45, 2.75) is 6.54 Å². The number of nitrogens with one attached hydrogen (secondary N) is 1. The highest BCUT2D eigenvalue weighted by molar-refractivity contribution is 5.99. The van der Waals surface area contributed by atoms with Gasteiger partial charge in [0, 0.05) is 56.1 Å². The summed E-state index contributed by atoms with van der Waals surface area (Å²) in [5.74, 6) is -1.25. The molecule has 30 heavy (non-hydrogen) atoms. The summed E-state index contributed by atoms with van der Waals surface area (Å²) in [7, 11) is 3.27. The van der Waals surface area contributed by atoms with Crippen molar-refractivity contribution in [2.75, 3.05) is 45.2 Å². The molecule has 0 atom stereocenters. The van der Waals surface area contributed by atoms with Crippen molar-refractivity contribution in [3.05, 3.63) is 69.3 Å². The van der Waals surface area contributed by atoms with Crippen molar-refractivity contribution in [3.8, 4) is 0 Å². The van der Waals surface area contributed by atoms with Gasteiger partial charge in [0.2, 0.25) is 0 Å². The summed E-state index contributed by atoms with van der Waals surface area (Å²) in [6, 6.07) is 11.4. The normalized spacial score (nSPS) is 14.3. The average molecular weight is 412 g/mol. The highest BCUT2D eigenvalue weighted by atomic mass is 16.6. The van der Waals surface area contributed by atoms with Crippen LogP contribution in [0.15, 0.2) is 42.5 Å².